The molecule has 112 valence electrons. The average molecular weight is 305 g/mol. The molecule has 1 aromatic carbocycles. The molecule has 21 heavy (non-hydrogen) atoms. The maximum absolute atomic E-state index is 12.3. The molecule has 1 aromatic heterocycles. The summed E-state index contributed by atoms with van der Waals surface area (Å²) >= 11 is 0. The van der Waals surface area contributed by atoms with Gasteiger partial charge in [0.2, 0.25) is 0 Å². The molecule has 5 heteroatoms. The standard InChI is InChI=1S/C16H19NO3S/c1-11(2)17-16(18)14-9-8-13(20-14)10-21(19)15-7-5-4-6-12(15)3/h4-9,11H,10H2,1-3H3,(H,17,18)/t21-/m0/s1. The highest BCUT2D eigenvalue weighted by molar-refractivity contribution is 7.84. The van der Waals surface area contributed by atoms with Crippen LogP contribution in [0.4, 0.5) is 0 Å². The van der Waals surface area contributed by atoms with E-state index in [9.17, 15) is 9.00 Å². The second-order valence-corrected chi connectivity index (χ2v) is 6.57. The Hall–Kier alpha value is -1.88. The Morgan fingerprint density at radius 2 is 1.95 bits per heavy atom. The number of rotatable bonds is 5. The van der Waals surface area contributed by atoms with Crippen molar-refractivity contribution >= 4 is 16.7 Å². The van der Waals surface area contributed by atoms with Crippen LogP contribution in [0.3, 0.4) is 0 Å². The zero-order chi connectivity index (χ0) is 15.4. The molecule has 0 bridgehead atoms. The molecule has 0 aliphatic carbocycles. The van der Waals surface area contributed by atoms with Crippen molar-refractivity contribution < 1.29 is 13.4 Å². The van der Waals surface area contributed by atoms with Gasteiger partial charge in [-0.2, -0.15) is 0 Å². The smallest absolute Gasteiger partial charge is 0.287 e. The summed E-state index contributed by atoms with van der Waals surface area (Å²) in [5, 5.41) is 2.76. The SMILES string of the molecule is Cc1ccccc1[S@@](=O)Cc1ccc(C(=O)NC(C)C)o1. The van der Waals surface area contributed by atoms with Crippen molar-refractivity contribution in [1.29, 1.82) is 0 Å². The Kier molecular flexibility index (Phi) is 4.96. The lowest BCUT2D eigenvalue weighted by Gasteiger charge is -2.06. The molecule has 0 aliphatic heterocycles. The molecule has 1 N–H and O–H groups in total. The Morgan fingerprint density at radius 3 is 2.62 bits per heavy atom. The van der Waals surface area contributed by atoms with Crippen molar-refractivity contribution in [2.24, 2.45) is 0 Å². The maximum Gasteiger partial charge on any atom is 0.287 e. The fourth-order valence-electron chi connectivity index (χ4n) is 1.93. The van der Waals surface area contributed by atoms with Gasteiger partial charge in [0, 0.05) is 10.9 Å². The molecule has 1 amide bonds. The third kappa shape index (κ3) is 4.04. The second kappa shape index (κ2) is 6.72. The van der Waals surface area contributed by atoms with Crippen molar-refractivity contribution in [3.05, 3.63) is 53.5 Å². The number of nitrogens with one attached hydrogen (secondary N) is 1. The van der Waals surface area contributed by atoms with E-state index in [1.165, 1.54) is 0 Å². The van der Waals surface area contributed by atoms with Crippen molar-refractivity contribution in [2.75, 3.05) is 0 Å². The number of hydrogen-bond acceptors (Lipinski definition) is 3. The lowest BCUT2D eigenvalue weighted by molar-refractivity contribution is 0.0913. The fraction of sp³-hybridized carbons (Fsp3) is 0.312. The van der Waals surface area contributed by atoms with Gasteiger partial charge in [-0.05, 0) is 44.5 Å². The van der Waals surface area contributed by atoms with Crippen LogP contribution in [0, 0.1) is 6.92 Å². The van der Waals surface area contributed by atoms with Crippen LogP contribution in [0.2, 0.25) is 0 Å². The summed E-state index contributed by atoms with van der Waals surface area (Å²) in [7, 11) is -1.18. The van der Waals surface area contributed by atoms with Gasteiger partial charge in [0.15, 0.2) is 5.76 Å². The Labute approximate surface area is 127 Å². The van der Waals surface area contributed by atoms with Crippen LogP contribution in [-0.2, 0) is 16.6 Å². The molecule has 0 radical (unpaired) electrons. The van der Waals surface area contributed by atoms with E-state index in [-0.39, 0.29) is 23.5 Å². The molecular formula is C16H19NO3S. The minimum absolute atomic E-state index is 0.0483. The van der Waals surface area contributed by atoms with Gasteiger partial charge in [0.25, 0.3) is 5.91 Å². The van der Waals surface area contributed by atoms with Crippen LogP contribution < -0.4 is 5.32 Å². The summed E-state index contributed by atoms with van der Waals surface area (Å²) in [5.74, 6) is 0.809. The predicted molar refractivity (Wildman–Crippen MR) is 82.6 cm³/mol. The summed E-state index contributed by atoms with van der Waals surface area (Å²) in [6.07, 6.45) is 0. The van der Waals surface area contributed by atoms with Gasteiger partial charge in [-0.3, -0.25) is 9.00 Å². The normalized spacial score (nSPS) is 12.4. The van der Waals surface area contributed by atoms with Gasteiger partial charge in [-0.25, -0.2) is 0 Å². The molecule has 4 nitrogen and oxygen atoms in total. The molecule has 0 saturated carbocycles. The van der Waals surface area contributed by atoms with Crippen molar-refractivity contribution in [2.45, 2.75) is 37.5 Å². The van der Waals surface area contributed by atoms with Crippen LogP contribution >= 0.6 is 0 Å². The first-order valence-electron chi connectivity index (χ1n) is 6.81. The van der Waals surface area contributed by atoms with E-state index in [0.29, 0.717) is 5.76 Å². The molecule has 2 rings (SSSR count). The first kappa shape index (κ1) is 15.5. The zero-order valence-electron chi connectivity index (χ0n) is 12.4. The van der Waals surface area contributed by atoms with Gasteiger partial charge in [-0.15, -0.1) is 0 Å². The molecular weight excluding hydrogens is 286 g/mol. The maximum atomic E-state index is 12.3. The average Bonchev–Trinajstić information content (AvgIpc) is 2.87. The lowest BCUT2D eigenvalue weighted by Crippen LogP contribution is -2.29. The third-order valence-corrected chi connectivity index (χ3v) is 4.41. The molecule has 1 heterocycles. The van der Waals surface area contributed by atoms with Crippen LogP contribution in [0.25, 0.3) is 0 Å². The lowest BCUT2D eigenvalue weighted by atomic mass is 10.2. The quantitative estimate of drug-likeness (QED) is 0.923. The van der Waals surface area contributed by atoms with Gasteiger partial charge in [0.05, 0.1) is 16.6 Å². The minimum Gasteiger partial charge on any atom is -0.455 e. The summed E-state index contributed by atoms with van der Waals surface area (Å²) in [6, 6.07) is 10.9. The van der Waals surface area contributed by atoms with E-state index in [4.69, 9.17) is 4.42 Å². The number of carbonyl (C=O) groups excluding carboxylic acids is 1. The zero-order valence-corrected chi connectivity index (χ0v) is 13.2. The van der Waals surface area contributed by atoms with E-state index >= 15 is 0 Å². The second-order valence-electron chi connectivity index (χ2n) is 5.15. The first-order chi connectivity index (χ1) is 9.97. The number of amides is 1. The van der Waals surface area contributed by atoms with Gasteiger partial charge in [-0.1, -0.05) is 18.2 Å². The van der Waals surface area contributed by atoms with Gasteiger partial charge in [0.1, 0.15) is 5.76 Å². The van der Waals surface area contributed by atoms with Crippen LogP contribution in [0.5, 0.6) is 0 Å². The van der Waals surface area contributed by atoms with Crippen LogP contribution in [0.15, 0.2) is 45.7 Å². The van der Waals surface area contributed by atoms with E-state index in [1.807, 2.05) is 45.0 Å². The molecule has 0 aliphatic rings. The van der Waals surface area contributed by atoms with Crippen molar-refractivity contribution in [3.63, 3.8) is 0 Å². The predicted octanol–water partition coefficient (Wildman–Crippen LogP) is 3.03. The summed E-state index contributed by atoms with van der Waals surface area (Å²) in [6.45, 7) is 5.70. The molecule has 1 atom stereocenters. The topological polar surface area (TPSA) is 59.3 Å². The molecule has 0 spiro atoms. The van der Waals surface area contributed by atoms with E-state index < -0.39 is 10.8 Å². The number of aryl methyl sites for hydroxylation is 1. The summed E-state index contributed by atoms with van der Waals surface area (Å²) < 4.78 is 17.8. The fourth-order valence-corrected chi connectivity index (χ4v) is 3.16. The van der Waals surface area contributed by atoms with Crippen LogP contribution in [0.1, 0.15) is 35.7 Å². The van der Waals surface area contributed by atoms with Gasteiger partial charge < -0.3 is 9.73 Å². The highest BCUT2D eigenvalue weighted by atomic mass is 32.2. The monoisotopic (exact) mass is 305 g/mol. The first-order valence-corrected chi connectivity index (χ1v) is 8.13. The molecule has 0 fully saturated rings. The third-order valence-electron chi connectivity index (χ3n) is 2.92. The summed E-state index contributed by atoms with van der Waals surface area (Å²) in [5.41, 5.74) is 0.986. The van der Waals surface area contributed by atoms with E-state index in [2.05, 4.69) is 5.32 Å². The van der Waals surface area contributed by atoms with Gasteiger partial charge >= 0.3 is 0 Å². The molecule has 0 unspecified atom stereocenters. The van der Waals surface area contributed by atoms with Crippen molar-refractivity contribution in [3.8, 4) is 0 Å². The largest absolute Gasteiger partial charge is 0.455 e. The number of hydrogen-bond donors (Lipinski definition) is 1. The number of furan rings is 1. The highest BCUT2D eigenvalue weighted by Gasteiger charge is 2.14. The minimum atomic E-state index is -1.18. The van der Waals surface area contributed by atoms with Crippen LogP contribution in [-0.4, -0.2) is 16.2 Å². The molecule has 0 saturated heterocycles. The van der Waals surface area contributed by atoms with E-state index in [0.717, 1.165) is 10.5 Å². The highest BCUT2D eigenvalue weighted by Crippen LogP contribution is 2.18. The Bertz CT molecular complexity index is 661. The van der Waals surface area contributed by atoms with Crippen molar-refractivity contribution in [1.82, 2.24) is 5.32 Å². The Balaban J connectivity index is 2.08. The molecule has 2 aromatic rings. The Morgan fingerprint density at radius 1 is 1.24 bits per heavy atom. The van der Waals surface area contributed by atoms with E-state index in [1.54, 1.807) is 12.1 Å². The summed E-state index contributed by atoms with van der Waals surface area (Å²) in [4.78, 5) is 12.6. The number of carbonyl (C=O) groups is 1. The number of benzene rings is 1.